The van der Waals surface area contributed by atoms with Crippen molar-refractivity contribution in [3.63, 3.8) is 0 Å². The Bertz CT molecular complexity index is 208. The van der Waals surface area contributed by atoms with Crippen molar-refractivity contribution in [2.75, 3.05) is 19.7 Å². The van der Waals surface area contributed by atoms with E-state index in [1.807, 2.05) is 4.90 Å². The lowest BCUT2D eigenvalue weighted by Crippen LogP contribution is -2.46. The second-order valence-corrected chi connectivity index (χ2v) is 4.06. The molecule has 1 aliphatic carbocycles. The largest absolute Gasteiger partial charge is 0.394 e. The van der Waals surface area contributed by atoms with Crippen LogP contribution in [0.5, 0.6) is 0 Å². The van der Waals surface area contributed by atoms with Gasteiger partial charge in [-0.15, -0.1) is 0 Å². The number of aliphatic hydroxyl groups is 1. The van der Waals surface area contributed by atoms with E-state index >= 15 is 0 Å². The quantitative estimate of drug-likeness (QED) is 0.649. The molecule has 4 heteroatoms. The Labute approximate surface area is 77.9 Å². The number of likely N-dealkylation sites (tertiary alicyclic amines) is 1. The fraction of sp³-hybridized carbons (Fsp3) is 0.889. The minimum absolute atomic E-state index is 0.00375. The van der Waals surface area contributed by atoms with Crippen molar-refractivity contribution in [3.8, 4) is 0 Å². The predicted octanol–water partition coefficient (Wildman–Crippen LogP) is 0.317. The van der Waals surface area contributed by atoms with E-state index in [9.17, 15) is 4.79 Å². The lowest BCUT2D eigenvalue weighted by molar-refractivity contribution is 0.186. The maximum Gasteiger partial charge on any atom is 0.317 e. The molecule has 1 heterocycles. The molecule has 0 aromatic heterocycles. The highest BCUT2D eigenvalue weighted by Gasteiger charge is 2.44. The van der Waals surface area contributed by atoms with Crippen LogP contribution in [0.1, 0.15) is 25.7 Å². The van der Waals surface area contributed by atoms with Gasteiger partial charge in [0.15, 0.2) is 0 Å². The summed E-state index contributed by atoms with van der Waals surface area (Å²) in [5, 5.41) is 11.9. The van der Waals surface area contributed by atoms with Gasteiger partial charge in [0.25, 0.3) is 0 Å². The first-order chi connectivity index (χ1) is 6.26. The SMILES string of the molecule is O=C(NC1(CO)CC1)N1CCCC1. The van der Waals surface area contributed by atoms with Gasteiger partial charge >= 0.3 is 6.03 Å². The van der Waals surface area contributed by atoms with Gasteiger partial charge in [-0.2, -0.15) is 0 Å². The summed E-state index contributed by atoms with van der Waals surface area (Å²) in [6, 6.07) is 0.00375. The Hall–Kier alpha value is -0.770. The Morgan fingerprint density at radius 3 is 2.46 bits per heavy atom. The van der Waals surface area contributed by atoms with E-state index in [2.05, 4.69) is 5.32 Å². The second kappa shape index (κ2) is 3.18. The smallest absolute Gasteiger partial charge is 0.317 e. The summed E-state index contributed by atoms with van der Waals surface area (Å²) in [6.45, 7) is 1.81. The van der Waals surface area contributed by atoms with Crippen molar-refractivity contribution in [1.82, 2.24) is 10.2 Å². The van der Waals surface area contributed by atoms with Crippen molar-refractivity contribution < 1.29 is 9.90 Å². The van der Waals surface area contributed by atoms with Crippen molar-refractivity contribution in [2.45, 2.75) is 31.2 Å². The van der Waals surface area contributed by atoms with Gasteiger partial charge in [0.1, 0.15) is 0 Å². The van der Waals surface area contributed by atoms with Gasteiger partial charge in [-0.25, -0.2) is 4.79 Å². The molecule has 0 radical (unpaired) electrons. The molecule has 1 saturated heterocycles. The molecular formula is C9H16N2O2. The molecule has 0 aromatic rings. The minimum Gasteiger partial charge on any atom is -0.394 e. The zero-order valence-corrected chi connectivity index (χ0v) is 7.75. The zero-order chi connectivity index (χ0) is 9.31. The summed E-state index contributed by atoms with van der Waals surface area (Å²) in [7, 11) is 0. The third-order valence-corrected chi connectivity index (χ3v) is 2.92. The normalized spacial score (nSPS) is 24.5. The van der Waals surface area contributed by atoms with Gasteiger partial charge in [0.05, 0.1) is 12.1 Å². The van der Waals surface area contributed by atoms with Crippen LogP contribution in [0.15, 0.2) is 0 Å². The molecule has 2 N–H and O–H groups in total. The molecule has 74 valence electrons. The van der Waals surface area contributed by atoms with Crippen LogP contribution in [-0.4, -0.2) is 41.3 Å². The molecule has 4 nitrogen and oxygen atoms in total. The molecule has 0 aromatic carbocycles. The van der Waals surface area contributed by atoms with Crippen LogP contribution in [0, 0.1) is 0 Å². The highest BCUT2D eigenvalue weighted by molar-refractivity contribution is 5.75. The zero-order valence-electron chi connectivity index (χ0n) is 7.75. The summed E-state index contributed by atoms with van der Waals surface area (Å²) in [4.78, 5) is 13.4. The molecule has 2 aliphatic rings. The maximum absolute atomic E-state index is 11.6. The summed E-state index contributed by atoms with van der Waals surface area (Å²) in [5.41, 5.74) is -0.264. The Kier molecular flexibility index (Phi) is 2.15. The molecule has 1 aliphatic heterocycles. The molecule has 0 unspecified atom stereocenters. The van der Waals surface area contributed by atoms with Crippen molar-refractivity contribution in [3.05, 3.63) is 0 Å². The molecule has 2 fully saturated rings. The molecule has 13 heavy (non-hydrogen) atoms. The van der Waals surface area contributed by atoms with E-state index in [4.69, 9.17) is 5.11 Å². The van der Waals surface area contributed by atoms with E-state index in [1.165, 1.54) is 0 Å². The fourth-order valence-electron chi connectivity index (χ4n) is 1.70. The molecule has 0 spiro atoms. The summed E-state index contributed by atoms with van der Waals surface area (Å²) < 4.78 is 0. The van der Waals surface area contributed by atoms with Crippen LogP contribution in [0.25, 0.3) is 0 Å². The monoisotopic (exact) mass is 184 g/mol. The van der Waals surface area contributed by atoms with Crippen LogP contribution in [0.2, 0.25) is 0 Å². The van der Waals surface area contributed by atoms with Crippen molar-refractivity contribution in [2.24, 2.45) is 0 Å². The molecule has 0 bridgehead atoms. The number of carbonyl (C=O) groups is 1. The number of aliphatic hydroxyl groups excluding tert-OH is 1. The van der Waals surface area contributed by atoms with Crippen LogP contribution < -0.4 is 5.32 Å². The first-order valence-corrected chi connectivity index (χ1v) is 4.94. The lowest BCUT2D eigenvalue weighted by Gasteiger charge is -2.20. The van der Waals surface area contributed by atoms with Gasteiger partial charge in [0.2, 0.25) is 0 Å². The van der Waals surface area contributed by atoms with E-state index in [0.29, 0.717) is 0 Å². The summed E-state index contributed by atoms with van der Waals surface area (Å²) in [6.07, 6.45) is 4.06. The van der Waals surface area contributed by atoms with Gasteiger partial charge in [-0.3, -0.25) is 0 Å². The van der Waals surface area contributed by atoms with Gasteiger partial charge in [-0.05, 0) is 25.7 Å². The van der Waals surface area contributed by atoms with Gasteiger partial charge in [0, 0.05) is 13.1 Å². The number of hydrogen-bond acceptors (Lipinski definition) is 2. The van der Waals surface area contributed by atoms with Crippen molar-refractivity contribution >= 4 is 6.03 Å². The maximum atomic E-state index is 11.6. The number of nitrogens with zero attached hydrogens (tertiary/aromatic N) is 1. The van der Waals surface area contributed by atoms with E-state index < -0.39 is 0 Å². The Morgan fingerprint density at radius 2 is 2.00 bits per heavy atom. The van der Waals surface area contributed by atoms with Crippen LogP contribution in [-0.2, 0) is 0 Å². The van der Waals surface area contributed by atoms with Crippen LogP contribution in [0.3, 0.4) is 0 Å². The van der Waals surface area contributed by atoms with Crippen LogP contribution >= 0.6 is 0 Å². The Morgan fingerprint density at radius 1 is 1.38 bits per heavy atom. The average Bonchev–Trinajstić information content (AvgIpc) is 2.69. The number of carbonyl (C=O) groups excluding carboxylic acids is 1. The second-order valence-electron chi connectivity index (χ2n) is 4.06. The number of nitrogens with one attached hydrogen (secondary N) is 1. The van der Waals surface area contributed by atoms with Gasteiger partial charge in [-0.1, -0.05) is 0 Å². The Balaban J connectivity index is 1.84. The first-order valence-electron chi connectivity index (χ1n) is 4.94. The highest BCUT2D eigenvalue weighted by atomic mass is 16.3. The number of amides is 2. The fourth-order valence-corrected chi connectivity index (χ4v) is 1.70. The highest BCUT2D eigenvalue weighted by Crippen LogP contribution is 2.34. The molecule has 0 atom stereocenters. The lowest BCUT2D eigenvalue weighted by atomic mass is 10.3. The predicted molar refractivity (Wildman–Crippen MR) is 48.4 cm³/mol. The number of hydrogen-bond donors (Lipinski definition) is 2. The molecule has 2 rings (SSSR count). The van der Waals surface area contributed by atoms with E-state index in [0.717, 1.165) is 38.8 Å². The third-order valence-electron chi connectivity index (χ3n) is 2.92. The number of rotatable bonds is 2. The molecule has 2 amide bonds. The van der Waals surface area contributed by atoms with E-state index in [-0.39, 0.29) is 18.2 Å². The minimum atomic E-state index is -0.264. The first kappa shape index (κ1) is 8.81. The van der Waals surface area contributed by atoms with Crippen molar-refractivity contribution in [1.29, 1.82) is 0 Å². The van der Waals surface area contributed by atoms with Crippen LogP contribution in [0.4, 0.5) is 4.79 Å². The molecule has 1 saturated carbocycles. The van der Waals surface area contributed by atoms with E-state index in [1.54, 1.807) is 0 Å². The number of urea groups is 1. The summed E-state index contributed by atoms with van der Waals surface area (Å²) >= 11 is 0. The standard InChI is InChI=1S/C9H16N2O2/c12-7-9(3-4-9)10-8(13)11-5-1-2-6-11/h12H,1-7H2,(H,10,13). The third kappa shape index (κ3) is 1.77. The topological polar surface area (TPSA) is 52.6 Å². The molecular weight excluding hydrogens is 168 g/mol. The summed E-state index contributed by atoms with van der Waals surface area (Å²) in [5.74, 6) is 0. The average molecular weight is 184 g/mol. The van der Waals surface area contributed by atoms with Gasteiger partial charge < -0.3 is 15.3 Å².